The normalized spacial score (nSPS) is 34.4. The lowest BCUT2D eigenvalue weighted by Crippen LogP contribution is -2.48. The van der Waals surface area contributed by atoms with Crippen LogP contribution in [0.2, 0.25) is 0 Å². The molecule has 6 heteroatoms. The van der Waals surface area contributed by atoms with Gasteiger partial charge in [-0.25, -0.2) is 13.1 Å². The van der Waals surface area contributed by atoms with Crippen LogP contribution in [0.5, 0.6) is 0 Å². The molecule has 2 N–H and O–H groups in total. The van der Waals surface area contributed by atoms with Crippen molar-refractivity contribution in [1.29, 1.82) is 0 Å². The minimum Gasteiger partial charge on any atom is -0.315 e. The Morgan fingerprint density at radius 2 is 1.89 bits per heavy atom. The minimum absolute atomic E-state index is 0.167. The van der Waals surface area contributed by atoms with E-state index in [-0.39, 0.29) is 11.3 Å². The largest absolute Gasteiger partial charge is 0.315 e. The molecule has 1 saturated heterocycles. The lowest BCUT2D eigenvalue weighted by Gasteiger charge is -2.30. The fraction of sp³-hybridized carbons (Fsp3) is 1.00. The summed E-state index contributed by atoms with van der Waals surface area (Å²) < 4.78 is 27.4. The van der Waals surface area contributed by atoms with Gasteiger partial charge in [0.1, 0.15) is 0 Å². The third-order valence-corrected chi connectivity index (χ3v) is 7.11. The van der Waals surface area contributed by atoms with Crippen LogP contribution in [0.15, 0.2) is 0 Å². The first-order valence-corrected chi connectivity index (χ1v) is 9.70. The molecular weight excluding hydrogens is 268 g/mol. The van der Waals surface area contributed by atoms with Gasteiger partial charge in [-0.15, -0.1) is 0 Å². The zero-order chi connectivity index (χ0) is 13.0. The molecule has 1 heterocycles. The van der Waals surface area contributed by atoms with Crippen molar-refractivity contribution in [2.75, 3.05) is 19.3 Å². The Balaban J connectivity index is 1.84. The number of hydrogen-bond acceptors (Lipinski definition) is 4. The summed E-state index contributed by atoms with van der Waals surface area (Å²) in [5, 5.41) is 3.66. The molecule has 1 unspecified atom stereocenters. The summed E-state index contributed by atoms with van der Waals surface area (Å²) in [6.07, 6.45) is 8.15. The van der Waals surface area contributed by atoms with Gasteiger partial charge in [-0.05, 0) is 51.3 Å². The predicted octanol–water partition coefficient (Wildman–Crippen LogP) is 1.33. The van der Waals surface area contributed by atoms with E-state index in [1.165, 1.54) is 0 Å². The molecular formula is C12H24N2O2S2. The zero-order valence-electron chi connectivity index (χ0n) is 11.0. The standard InChI is InChI=1S/C12H24N2O2S2/c1-17-11-6-4-10(5-7-11)14-18(15,16)12-3-2-8-13-9-12/h10-14H,2-9H2,1H3. The summed E-state index contributed by atoms with van der Waals surface area (Å²) in [5.41, 5.74) is 0. The van der Waals surface area contributed by atoms with Crippen LogP contribution in [0.25, 0.3) is 0 Å². The quantitative estimate of drug-likeness (QED) is 0.821. The lowest BCUT2D eigenvalue weighted by molar-refractivity contribution is 0.412. The van der Waals surface area contributed by atoms with Gasteiger partial charge in [0.15, 0.2) is 0 Å². The Kier molecular flexibility index (Phi) is 5.35. The van der Waals surface area contributed by atoms with Gasteiger partial charge in [-0.3, -0.25) is 0 Å². The van der Waals surface area contributed by atoms with Gasteiger partial charge < -0.3 is 5.32 Å². The van der Waals surface area contributed by atoms with Crippen LogP contribution < -0.4 is 10.0 Å². The molecule has 2 rings (SSSR count). The molecule has 18 heavy (non-hydrogen) atoms. The second-order valence-electron chi connectivity index (χ2n) is 5.34. The van der Waals surface area contributed by atoms with Gasteiger partial charge in [0, 0.05) is 17.8 Å². The Morgan fingerprint density at radius 1 is 1.17 bits per heavy atom. The Morgan fingerprint density at radius 3 is 2.44 bits per heavy atom. The first-order chi connectivity index (χ1) is 8.62. The van der Waals surface area contributed by atoms with Gasteiger partial charge >= 0.3 is 0 Å². The molecule has 0 amide bonds. The highest BCUT2D eigenvalue weighted by Crippen LogP contribution is 2.27. The summed E-state index contributed by atoms with van der Waals surface area (Å²) in [6, 6.07) is 0.167. The molecule has 2 fully saturated rings. The van der Waals surface area contributed by atoms with Crippen molar-refractivity contribution in [3.63, 3.8) is 0 Å². The van der Waals surface area contributed by atoms with Crippen LogP contribution in [-0.2, 0) is 10.0 Å². The highest BCUT2D eigenvalue weighted by atomic mass is 32.2. The number of piperidine rings is 1. The number of thioether (sulfide) groups is 1. The van der Waals surface area contributed by atoms with E-state index in [1.54, 1.807) is 0 Å². The van der Waals surface area contributed by atoms with Crippen LogP contribution >= 0.6 is 11.8 Å². The summed E-state index contributed by atoms with van der Waals surface area (Å²) in [6.45, 7) is 1.56. The van der Waals surface area contributed by atoms with Crippen molar-refractivity contribution in [3.05, 3.63) is 0 Å². The number of hydrogen-bond donors (Lipinski definition) is 2. The Labute approximate surface area is 115 Å². The van der Waals surface area contributed by atoms with Crippen LogP contribution in [-0.4, -0.2) is 44.3 Å². The molecule has 4 nitrogen and oxygen atoms in total. The first kappa shape index (κ1) is 14.6. The van der Waals surface area contributed by atoms with Crippen LogP contribution in [0.4, 0.5) is 0 Å². The predicted molar refractivity (Wildman–Crippen MR) is 77.5 cm³/mol. The van der Waals surface area contributed by atoms with E-state index in [9.17, 15) is 8.42 Å². The average molecular weight is 292 g/mol. The van der Waals surface area contributed by atoms with Crippen molar-refractivity contribution in [2.45, 2.75) is 55.1 Å². The van der Waals surface area contributed by atoms with E-state index in [0.717, 1.165) is 50.3 Å². The maximum absolute atomic E-state index is 12.2. The molecule has 0 aromatic carbocycles. The number of sulfonamides is 1. The number of nitrogens with one attached hydrogen (secondary N) is 2. The third-order valence-electron chi connectivity index (χ3n) is 4.03. The fourth-order valence-corrected chi connectivity index (χ4v) is 5.28. The average Bonchev–Trinajstić information content (AvgIpc) is 2.40. The molecule has 106 valence electrons. The summed E-state index contributed by atoms with van der Waals surface area (Å²) in [7, 11) is -3.13. The minimum atomic E-state index is -3.13. The molecule has 2 aliphatic rings. The fourth-order valence-electron chi connectivity index (χ4n) is 2.83. The van der Waals surface area contributed by atoms with E-state index in [2.05, 4.69) is 16.3 Å². The molecule has 0 aromatic heterocycles. The van der Waals surface area contributed by atoms with Gasteiger partial charge in [0.2, 0.25) is 10.0 Å². The summed E-state index contributed by atoms with van der Waals surface area (Å²) in [5.74, 6) is 0. The molecule has 1 aliphatic carbocycles. The van der Waals surface area contributed by atoms with E-state index >= 15 is 0 Å². The number of rotatable bonds is 4. The van der Waals surface area contributed by atoms with Gasteiger partial charge in [-0.1, -0.05) is 0 Å². The van der Waals surface area contributed by atoms with Crippen molar-refractivity contribution in [1.82, 2.24) is 10.0 Å². The van der Waals surface area contributed by atoms with Gasteiger partial charge in [0.25, 0.3) is 0 Å². The van der Waals surface area contributed by atoms with E-state index in [1.807, 2.05) is 11.8 Å². The highest BCUT2D eigenvalue weighted by molar-refractivity contribution is 7.99. The summed E-state index contributed by atoms with van der Waals surface area (Å²) >= 11 is 1.91. The second kappa shape index (κ2) is 6.59. The lowest BCUT2D eigenvalue weighted by atomic mass is 9.96. The maximum atomic E-state index is 12.2. The van der Waals surface area contributed by atoms with Crippen molar-refractivity contribution >= 4 is 21.8 Å². The van der Waals surface area contributed by atoms with Crippen molar-refractivity contribution < 1.29 is 8.42 Å². The second-order valence-corrected chi connectivity index (χ2v) is 8.47. The van der Waals surface area contributed by atoms with E-state index < -0.39 is 10.0 Å². The van der Waals surface area contributed by atoms with Crippen molar-refractivity contribution in [3.8, 4) is 0 Å². The Hall–Kier alpha value is 0.220. The van der Waals surface area contributed by atoms with Crippen LogP contribution in [0, 0.1) is 0 Å². The van der Waals surface area contributed by atoms with Crippen molar-refractivity contribution in [2.24, 2.45) is 0 Å². The third kappa shape index (κ3) is 3.85. The van der Waals surface area contributed by atoms with Crippen LogP contribution in [0.3, 0.4) is 0 Å². The SMILES string of the molecule is CSC1CCC(NS(=O)(=O)C2CCCNC2)CC1. The molecule has 0 spiro atoms. The Bertz CT molecular complexity index is 345. The molecule has 0 bridgehead atoms. The zero-order valence-corrected chi connectivity index (χ0v) is 12.7. The molecule has 1 saturated carbocycles. The highest BCUT2D eigenvalue weighted by Gasteiger charge is 2.30. The van der Waals surface area contributed by atoms with Crippen LogP contribution in [0.1, 0.15) is 38.5 Å². The van der Waals surface area contributed by atoms with E-state index in [4.69, 9.17) is 0 Å². The topological polar surface area (TPSA) is 58.2 Å². The van der Waals surface area contributed by atoms with Gasteiger partial charge in [0.05, 0.1) is 5.25 Å². The molecule has 1 aliphatic heterocycles. The van der Waals surface area contributed by atoms with E-state index in [0.29, 0.717) is 6.54 Å². The monoisotopic (exact) mass is 292 g/mol. The van der Waals surface area contributed by atoms with Gasteiger partial charge in [-0.2, -0.15) is 11.8 Å². The molecule has 1 atom stereocenters. The maximum Gasteiger partial charge on any atom is 0.215 e. The molecule has 0 radical (unpaired) electrons. The first-order valence-electron chi connectivity index (χ1n) is 6.86. The molecule has 0 aromatic rings. The summed E-state index contributed by atoms with van der Waals surface area (Å²) in [4.78, 5) is 0. The smallest absolute Gasteiger partial charge is 0.215 e.